The summed E-state index contributed by atoms with van der Waals surface area (Å²) in [5.74, 6) is -0.337. The Bertz CT molecular complexity index is 759. The van der Waals surface area contributed by atoms with Gasteiger partial charge in [-0.25, -0.2) is 0 Å². The second-order valence-electron chi connectivity index (χ2n) is 4.81. The van der Waals surface area contributed by atoms with Gasteiger partial charge in [-0.15, -0.1) is 0 Å². The number of nitrogens with one attached hydrogen (secondary N) is 2. The number of anilines is 2. The van der Waals surface area contributed by atoms with E-state index in [0.717, 1.165) is 0 Å². The van der Waals surface area contributed by atoms with Crippen LogP contribution in [-0.2, 0) is 9.59 Å². The third-order valence-corrected chi connectivity index (χ3v) is 2.93. The third-order valence-electron chi connectivity index (χ3n) is 2.93. The quantitative estimate of drug-likeness (QED) is 0.625. The first kappa shape index (κ1) is 16.9. The molecule has 2 rings (SSSR count). The molecular formula is C16H15N3O5. The highest BCUT2D eigenvalue weighted by Gasteiger charge is 2.09. The van der Waals surface area contributed by atoms with Gasteiger partial charge in [0.25, 0.3) is 11.6 Å². The summed E-state index contributed by atoms with van der Waals surface area (Å²) in [5, 5.41) is 15.8. The van der Waals surface area contributed by atoms with Crippen LogP contribution in [0.2, 0.25) is 0 Å². The molecule has 2 aromatic rings. The molecule has 0 atom stereocenters. The summed E-state index contributed by atoms with van der Waals surface area (Å²) in [5.41, 5.74) is 0.870. The molecule has 0 bridgehead atoms. The maximum Gasteiger partial charge on any atom is 0.269 e. The summed E-state index contributed by atoms with van der Waals surface area (Å²) >= 11 is 0. The van der Waals surface area contributed by atoms with E-state index in [4.69, 9.17) is 4.74 Å². The van der Waals surface area contributed by atoms with Gasteiger partial charge in [-0.3, -0.25) is 19.7 Å². The Morgan fingerprint density at radius 1 is 1.04 bits per heavy atom. The van der Waals surface area contributed by atoms with Gasteiger partial charge in [0.1, 0.15) is 5.75 Å². The summed E-state index contributed by atoms with van der Waals surface area (Å²) in [7, 11) is 0. The molecule has 0 aliphatic rings. The van der Waals surface area contributed by atoms with Gasteiger partial charge in [-0.05, 0) is 24.3 Å². The lowest BCUT2D eigenvalue weighted by Crippen LogP contribution is -2.21. The van der Waals surface area contributed by atoms with Crippen molar-refractivity contribution in [1.82, 2.24) is 0 Å². The van der Waals surface area contributed by atoms with Crippen molar-refractivity contribution < 1.29 is 19.2 Å². The highest BCUT2D eigenvalue weighted by atomic mass is 16.6. The molecule has 0 saturated carbocycles. The Hall–Kier alpha value is -3.42. The number of carbonyl (C=O) groups is 2. The van der Waals surface area contributed by atoms with E-state index in [1.165, 1.54) is 31.2 Å². The predicted octanol–water partition coefficient (Wildman–Crippen LogP) is 2.57. The fraction of sp³-hybridized carbons (Fsp3) is 0.125. The minimum absolute atomic E-state index is 0.0592. The molecule has 2 aromatic carbocycles. The molecule has 0 unspecified atom stereocenters. The van der Waals surface area contributed by atoms with Gasteiger partial charge >= 0.3 is 0 Å². The van der Waals surface area contributed by atoms with E-state index in [1.54, 1.807) is 24.3 Å². The van der Waals surface area contributed by atoms with Crippen molar-refractivity contribution in [2.24, 2.45) is 0 Å². The topological polar surface area (TPSA) is 111 Å². The van der Waals surface area contributed by atoms with E-state index in [0.29, 0.717) is 17.1 Å². The second kappa shape index (κ2) is 7.73. The van der Waals surface area contributed by atoms with Gasteiger partial charge in [0, 0.05) is 19.1 Å². The Morgan fingerprint density at radius 2 is 1.62 bits per heavy atom. The molecule has 0 fully saturated rings. The van der Waals surface area contributed by atoms with Crippen LogP contribution < -0.4 is 15.4 Å². The summed E-state index contributed by atoms with van der Waals surface area (Å²) in [6, 6.07) is 12.2. The lowest BCUT2D eigenvalue weighted by molar-refractivity contribution is -0.384. The molecule has 0 saturated heterocycles. The van der Waals surface area contributed by atoms with Crippen molar-refractivity contribution in [3.8, 4) is 5.75 Å². The number of hydrogen-bond donors (Lipinski definition) is 2. The molecule has 0 aliphatic heterocycles. The minimum atomic E-state index is -0.518. The maximum atomic E-state index is 11.9. The van der Waals surface area contributed by atoms with Crippen molar-refractivity contribution in [2.75, 3.05) is 17.2 Å². The summed E-state index contributed by atoms with van der Waals surface area (Å²) in [6.07, 6.45) is 0. The highest BCUT2D eigenvalue weighted by Crippen LogP contribution is 2.21. The monoisotopic (exact) mass is 329 g/mol. The van der Waals surface area contributed by atoms with Crippen LogP contribution in [0.3, 0.4) is 0 Å². The highest BCUT2D eigenvalue weighted by molar-refractivity contribution is 5.99. The average molecular weight is 329 g/mol. The molecule has 2 N–H and O–H groups in total. The Balaban J connectivity index is 1.94. The fourth-order valence-corrected chi connectivity index (χ4v) is 1.89. The zero-order valence-corrected chi connectivity index (χ0v) is 12.8. The molecule has 2 amide bonds. The molecule has 8 nitrogen and oxygen atoms in total. The van der Waals surface area contributed by atoms with Gasteiger partial charge in [0.2, 0.25) is 5.91 Å². The van der Waals surface area contributed by atoms with Crippen LogP contribution in [0.5, 0.6) is 5.75 Å². The SMILES string of the molecule is CC(=O)Nc1ccccc1NC(=O)COc1ccc([N+](=O)[O-])cc1. The average Bonchev–Trinajstić information content (AvgIpc) is 2.54. The van der Waals surface area contributed by atoms with Crippen LogP contribution in [0.25, 0.3) is 0 Å². The standard InChI is InChI=1S/C16H15N3O5/c1-11(20)17-14-4-2-3-5-15(14)18-16(21)10-24-13-8-6-12(7-9-13)19(22)23/h2-9H,10H2,1H3,(H,17,20)(H,18,21). The normalized spacial score (nSPS) is 9.88. The molecule has 0 aromatic heterocycles. The van der Waals surface area contributed by atoms with Gasteiger partial charge in [-0.1, -0.05) is 12.1 Å². The lowest BCUT2D eigenvalue weighted by Gasteiger charge is -2.11. The van der Waals surface area contributed by atoms with Crippen molar-refractivity contribution in [2.45, 2.75) is 6.92 Å². The molecule has 0 spiro atoms. The van der Waals surface area contributed by atoms with Crippen LogP contribution in [0, 0.1) is 10.1 Å². The van der Waals surface area contributed by atoms with Crippen LogP contribution in [0.15, 0.2) is 48.5 Å². The zero-order chi connectivity index (χ0) is 17.5. The van der Waals surface area contributed by atoms with Crippen LogP contribution in [-0.4, -0.2) is 23.3 Å². The zero-order valence-electron chi connectivity index (χ0n) is 12.8. The minimum Gasteiger partial charge on any atom is -0.484 e. The fourth-order valence-electron chi connectivity index (χ4n) is 1.89. The number of benzene rings is 2. The molecule has 8 heteroatoms. The van der Waals surface area contributed by atoms with E-state index in [2.05, 4.69) is 10.6 Å². The van der Waals surface area contributed by atoms with Crippen molar-refractivity contribution in [3.63, 3.8) is 0 Å². The number of carbonyl (C=O) groups excluding carboxylic acids is 2. The molecule has 24 heavy (non-hydrogen) atoms. The van der Waals surface area contributed by atoms with Gasteiger partial charge < -0.3 is 15.4 Å². The number of non-ortho nitro benzene ring substituents is 1. The summed E-state index contributed by atoms with van der Waals surface area (Å²) in [4.78, 5) is 33.1. The van der Waals surface area contributed by atoms with Crippen LogP contribution >= 0.6 is 0 Å². The number of nitro groups is 1. The molecule has 0 aliphatic carbocycles. The molecule has 124 valence electrons. The molecule has 0 radical (unpaired) electrons. The van der Waals surface area contributed by atoms with E-state index >= 15 is 0 Å². The van der Waals surface area contributed by atoms with Gasteiger partial charge in [-0.2, -0.15) is 0 Å². The van der Waals surface area contributed by atoms with E-state index in [9.17, 15) is 19.7 Å². The number of nitro benzene ring substituents is 1. The number of rotatable bonds is 6. The number of nitrogens with zero attached hydrogens (tertiary/aromatic N) is 1. The number of ether oxygens (including phenoxy) is 1. The van der Waals surface area contributed by atoms with Gasteiger partial charge in [0.05, 0.1) is 16.3 Å². The van der Waals surface area contributed by atoms with Crippen molar-refractivity contribution in [1.29, 1.82) is 0 Å². The lowest BCUT2D eigenvalue weighted by atomic mass is 10.2. The Morgan fingerprint density at radius 3 is 2.17 bits per heavy atom. The van der Waals surface area contributed by atoms with E-state index in [1.807, 2.05) is 0 Å². The first-order valence-corrected chi connectivity index (χ1v) is 6.99. The smallest absolute Gasteiger partial charge is 0.269 e. The largest absolute Gasteiger partial charge is 0.484 e. The number of para-hydroxylation sites is 2. The molecule has 0 heterocycles. The molecular weight excluding hydrogens is 314 g/mol. The first-order valence-electron chi connectivity index (χ1n) is 6.99. The maximum absolute atomic E-state index is 11.9. The number of hydrogen-bond acceptors (Lipinski definition) is 5. The second-order valence-corrected chi connectivity index (χ2v) is 4.81. The summed E-state index contributed by atoms with van der Waals surface area (Å²) < 4.78 is 5.27. The van der Waals surface area contributed by atoms with Crippen LogP contribution in [0.1, 0.15) is 6.92 Å². The van der Waals surface area contributed by atoms with E-state index < -0.39 is 10.8 Å². The number of amides is 2. The van der Waals surface area contributed by atoms with Crippen LogP contribution in [0.4, 0.5) is 17.1 Å². The van der Waals surface area contributed by atoms with Crippen molar-refractivity contribution in [3.05, 3.63) is 58.6 Å². The predicted molar refractivity (Wildman–Crippen MR) is 88.0 cm³/mol. The van der Waals surface area contributed by atoms with Crippen molar-refractivity contribution >= 4 is 28.9 Å². The first-order chi connectivity index (χ1) is 11.5. The Labute approximate surface area is 137 Å². The van der Waals surface area contributed by atoms with E-state index in [-0.39, 0.29) is 18.2 Å². The summed E-state index contributed by atoms with van der Waals surface area (Å²) in [6.45, 7) is 1.10. The third kappa shape index (κ3) is 4.80. The van der Waals surface area contributed by atoms with Gasteiger partial charge in [0.15, 0.2) is 6.61 Å². The Kier molecular flexibility index (Phi) is 5.45.